The molecular weight excluding hydrogens is 366 g/mol. The summed E-state index contributed by atoms with van der Waals surface area (Å²) in [6.07, 6.45) is 0. The van der Waals surface area contributed by atoms with E-state index in [0.29, 0.717) is 28.3 Å². The second-order valence-corrected chi connectivity index (χ2v) is 7.15. The molecule has 0 aliphatic heterocycles. The monoisotopic (exact) mass is 389 g/mol. The first-order valence-electron chi connectivity index (χ1n) is 8.28. The van der Waals surface area contributed by atoms with Crippen molar-refractivity contribution in [3.8, 4) is 11.5 Å². The van der Waals surface area contributed by atoms with Gasteiger partial charge in [0.2, 0.25) is 5.91 Å². The van der Waals surface area contributed by atoms with Crippen LogP contribution in [0.4, 0.5) is 5.69 Å². The molecule has 1 amide bonds. The lowest BCUT2D eigenvalue weighted by Gasteiger charge is -2.16. The van der Waals surface area contributed by atoms with Crippen LogP contribution in [0.15, 0.2) is 41.3 Å². The van der Waals surface area contributed by atoms with Crippen LogP contribution in [0.3, 0.4) is 0 Å². The summed E-state index contributed by atoms with van der Waals surface area (Å²) >= 11 is 1.40. The molecule has 1 unspecified atom stereocenters. The zero-order valence-electron chi connectivity index (χ0n) is 16.0. The van der Waals surface area contributed by atoms with Crippen LogP contribution in [0.5, 0.6) is 11.5 Å². The maximum atomic E-state index is 12.6. The Balaban J connectivity index is 2.11. The fraction of sp³-hybridized carbons (Fsp3) is 0.300. The largest absolute Gasteiger partial charge is 0.493 e. The van der Waals surface area contributed by atoms with Crippen molar-refractivity contribution < 1.29 is 23.8 Å². The highest BCUT2D eigenvalue weighted by Gasteiger charge is 2.18. The molecule has 1 N–H and O–H groups in total. The number of benzene rings is 2. The Morgan fingerprint density at radius 1 is 1.04 bits per heavy atom. The molecule has 0 radical (unpaired) electrons. The predicted octanol–water partition coefficient (Wildman–Crippen LogP) is 3.92. The van der Waals surface area contributed by atoms with Crippen molar-refractivity contribution in [2.45, 2.75) is 24.0 Å². The van der Waals surface area contributed by atoms with E-state index in [0.717, 1.165) is 4.90 Å². The normalized spacial score (nSPS) is 11.4. The van der Waals surface area contributed by atoms with Crippen molar-refractivity contribution in [2.75, 3.05) is 26.6 Å². The van der Waals surface area contributed by atoms with Crippen LogP contribution < -0.4 is 14.8 Å². The molecule has 2 rings (SSSR count). The summed E-state index contributed by atoms with van der Waals surface area (Å²) in [6.45, 7) is 3.59. The van der Waals surface area contributed by atoms with E-state index in [1.807, 2.05) is 19.1 Å². The first-order valence-corrected chi connectivity index (χ1v) is 9.16. The number of methoxy groups -OCH3 is 3. The quantitative estimate of drug-likeness (QED) is 0.572. The van der Waals surface area contributed by atoms with Gasteiger partial charge in [-0.2, -0.15) is 0 Å². The zero-order valence-corrected chi connectivity index (χ0v) is 16.8. The molecule has 0 saturated carbocycles. The van der Waals surface area contributed by atoms with Crippen LogP contribution in [0.25, 0.3) is 0 Å². The Morgan fingerprint density at radius 3 is 2.37 bits per heavy atom. The van der Waals surface area contributed by atoms with Crippen LogP contribution in [0.1, 0.15) is 22.8 Å². The van der Waals surface area contributed by atoms with Crippen molar-refractivity contribution in [1.82, 2.24) is 0 Å². The van der Waals surface area contributed by atoms with Gasteiger partial charge in [-0.3, -0.25) is 4.79 Å². The Hall–Kier alpha value is -2.67. The fourth-order valence-electron chi connectivity index (χ4n) is 2.48. The number of nitrogens with one attached hydrogen (secondary N) is 1. The average molecular weight is 389 g/mol. The Labute approximate surface area is 163 Å². The summed E-state index contributed by atoms with van der Waals surface area (Å²) < 4.78 is 15.3. The van der Waals surface area contributed by atoms with Crippen molar-refractivity contribution in [3.05, 3.63) is 47.5 Å². The minimum Gasteiger partial charge on any atom is -0.493 e. The number of rotatable bonds is 7. The summed E-state index contributed by atoms with van der Waals surface area (Å²) in [5, 5.41) is 2.52. The standard InChI is InChI=1S/C20H23NO5S/c1-12-15(20(23)26-5)7-6-8-16(12)21-19(22)13(2)27-14-9-10-17(24-3)18(11-14)25-4/h6-11,13H,1-5H3,(H,21,22). The van der Waals surface area contributed by atoms with Gasteiger partial charge in [0.1, 0.15) is 0 Å². The first-order chi connectivity index (χ1) is 12.9. The molecule has 0 fully saturated rings. The lowest BCUT2D eigenvalue weighted by atomic mass is 10.1. The van der Waals surface area contributed by atoms with Gasteiger partial charge < -0.3 is 19.5 Å². The maximum Gasteiger partial charge on any atom is 0.338 e. The second kappa shape index (κ2) is 9.32. The minimum absolute atomic E-state index is 0.167. The van der Waals surface area contributed by atoms with Crippen molar-refractivity contribution in [3.63, 3.8) is 0 Å². The SMILES string of the molecule is COC(=O)c1cccc(NC(=O)C(C)Sc2ccc(OC)c(OC)c2)c1C. The van der Waals surface area contributed by atoms with Crippen molar-refractivity contribution in [2.24, 2.45) is 0 Å². The van der Waals surface area contributed by atoms with E-state index in [4.69, 9.17) is 14.2 Å². The van der Waals surface area contributed by atoms with Gasteiger partial charge in [-0.25, -0.2) is 4.79 Å². The van der Waals surface area contributed by atoms with E-state index in [9.17, 15) is 9.59 Å². The van der Waals surface area contributed by atoms with Gasteiger partial charge in [-0.1, -0.05) is 6.07 Å². The molecule has 144 valence electrons. The minimum atomic E-state index is -0.434. The Morgan fingerprint density at radius 2 is 1.74 bits per heavy atom. The van der Waals surface area contributed by atoms with Crippen LogP contribution in [-0.4, -0.2) is 38.5 Å². The van der Waals surface area contributed by atoms with Gasteiger partial charge >= 0.3 is 5.97 Å². The fourth-order valence-corrected chi connectivity index (χ4v) is 3.38. The van der Waals surface area contributed by atoms with E-state index in [1.54, 1.807) is 45.4 Å². The smallest absolute Gasteiger partial charge is 0.338 e. The number of carbonyl (C=O) groups excluding carboxylic acids is 2. The third kappa shape index (κ3) is 4.95. The predicted molar refractivity (Wildman–Crippen MR) is 106 cm³/mol. The third-order valence-corrected chi connectivity index (χ3v) is 5.13. The van der Waals surface area contributed by atoms with Crippen molar-refractivity contribution >= 4 is 29.3 Å². The Kier molecular flexibility index (Phi) is 7.12. The number of carbonyl (C=O) groups is 2. The Bertz CT molecular complexity index is 837. The number of hydrogen-bond donors (Lipinski definition) is 1. The van der Waals surface area contributed by atoms with Gasteiger partial charge in [-0.05, 0) is 49.7 Å². The molecular formula is C20H23NO5S. The van der Waals surface area contributed by atoms with Gasteiger partial charge in [0.25, 0.3) is 0 Å². The van der Waals surface area contributed by atoms with Crippen LogP contribution in [-0.2, 0) is 9.53 Å². The number of hydrogen-bond acceptors (Lipinski definition) is 6. The highest BCUT2D eigenvalue weighted by atomic mass is 32.2. The lowest BCUT2D eigenvalue weighted by molar-refractivity contribution is -0.115. The number of anilines is 1. The zero-order chi connectivity index (χ0) is 20.0. The van der Waals surface area contributed by atoms with E-state index in [2.05, 4.69) is 5.32 Å². The highest BCUT2D eigenvalue weighted by molar-refractivity contribution is 8.00. The van der Waals surface area contributed by atoms with Crippen LogP contribution >= 0.6 is 11.8 Å². The van der Waals surface area contributed by atoms with Gasteiger partial charge in [0.05, 0.1) is 32.1 Å². The summed E-state index contributed by atoms with van der Waals surface area (Å²) in [6, 6.07) is 10.6. The molecule has 7 heteroatoms. The maximum absolute atomic E-state index is 12.6. The third-order valence-electron chi connectivity index (χ3n) is 4.03. The molecule has 1 atom stereocenters. The van der Waals surface area contributed by atoms with Crippen molar-refractivity contribution in [1.29, 1.82) is 0 Å². The number of ether oxygens (including phenoxy) is 3. The molecule has 0 spiro atoms. The molecule has 0 aliphatic carbocycles. The van der Waals surface area contributed by atoms with Crippen LogP contribution in [0.2, 0.25) is 0 Å². The molecule has 6 nitrogen and oxygen atoms in total. The average Bonchev–Trinajstić information content (AvgIpc) is 2.68. The molecule has 0 bridgehead atoms. The molecule has 2 aromatic rings. The molecule has 0 heterocycles. The van der Waals surface area contributed by atoms with Crippen LogP contribution in [0, 0.1) is 6.92 Å². The molecule has 2 aromatic carbocycles. The van der Waals surface area contributed by atoms with Gasteiger partial charge in [0, 0.05) is 10.6 Å². The highest BCUT2D eigenvalue weighted by Crippen LogP contribution is 2.34. The molecule has 0 aromatic heterocycles. The van der Waals surface area contributed by atoms with Gasteiger partial charge in [0.15, 0.2) is 11.5 Å². The summed E-state index contributed by atoms with van der Waals surface area (Å²) in [5.41, 5.74) is 1.68. The van der Waals surface area contributed by atoms with E-state index in [-0.39, 0.29) is 11.2 Å². The summed E-state index contributed by atoms with van der Waals surface area (Å²) in [4.78, 5) is 25.3. The number of esters is 1. The van der Waals surface area contributed by atoms with E-state index in [1.165, 1.54) is 18.9 Å². The molecule has 0 saturated heterocycles. The van der Waals surface area contributed by atoms with E-state index < -0.39 is 5.97 Å². The summed E-state index contributed by atoms with van der Waals surface area (Å²) in [7, 11) is 4.47. The number of amides is 1. The topological polar surface area (TPSA) is 73.9 Å². The molecule has 27 heavy (non-hydrogen) atoms. The first kappa shape index (κ1) is 20.6. The molecule has 0 aliphatic rings. The summed E-state index contributed by atoms with van der Waals surface area (Å²) in [5.74, 6) is 0.641. The second-order valence-electron chi connectivity index (χ2n) is 5.74. The lowest BCUT2D eigenvalue weighted by Crippen LogP contribution is -2.23. The van der Waals surface area contributed by atoms with E-state index >= 15 is 0 Å². The van der Waals surface area contributed by atoms with Gasteiger partial charge in [-0.15, -0.1) is 11.8 Å². The number of thioether (sulfide) groups is 1.